The van der Waals surface area contributed by atoms with E-state index in [0.29, 0.717) is 0 Å². The Morgan fingerprint density at radius 1 is 1.62 bits per heavy atom. The summed E-state index contributed by atoms with van der Waals surface area (Å²) >= 11 is 3.21. The Morgan fingerprint density at radius 3 is 3.23 bits per heavy atom. The van der Waals surface area contributed by atoms with E-state index in [1.807, 2.05) is 0 Å². The van der Waals surface area contributed by atoms with E-state index in [2.05, 4.69) is 28.1 Å². The van der Waals surface area contributed by atoms with E-state index in [9.17, 15) is 4.79 Å². The van der Waals surface area contributed by atoms with Gasteiger partial charge in [0, 0.05) is 5.92 Å². The van der Waals surface area contributed by atoms with Crippen molar-refractivity contribution >= 4 is 21.9 Å². The molecule has 1 aliphatic carbocycles. The van der Waals surface area contributed by atoms with Crippen molar-refractivity contribution in [3.8, 4) is 0 Å². The number of carbonyl (C=O) groups excluding carboxylic acids is 1. The van der Waals surface area contributed by atoms with Crippen molar-refractivity contribution in [1.82, 2.24) is 0 Å². The van der Waals surface area contributed by atoms with E-state index in [1.165, 1.54) is 0 Å². The average molecular weight is 243 g/mol. The number of carbonyl (C=O) groups is 1. The number of esters is 1. The first kappa shape index (κ1) is 9.00. The van der Waals surface area contributed by atoms with Gasteiger partial charge in [-0.15, -0.1) is 0 Å². The molecule has 0 spiro atoms. The number of ether oxygens (including phenoxy) is 1. The van der Waals surface area contributed by atoms with Gasteiger partial charge >= 0.3 is 5.97 Å². The molecule has 3 heteroatoms. The van der Waals surface area contributed by atoms with Crippen LogP contribution in [0.25, 0.3) is 0 Å². The first-order chi connectivity index (χ1) is 6.31. The summed E-state index contributed by atoms with van der Waals surface area (Å²) in [4.78, 5) is 13.1. The Morgan fingerprint density at radius 2 is 2.46 bits per heavy atom. The molecule has 2 atom stereocenters. The molecule has 2 aliphatic rings. The Kier molecular flexibility index (Phi) is 2.54. The van der Waals surface area contributed by atoms with Crippen LogP contribution in [0.5, 0.6) is 0 Å². The Labute approximate surface area is 85.8 Å². The van der Waals surface area contributed by atoms with Gasteiger partial charge in [0.25, 0.3) is 0 Å². The third kappa shape index (κ3) is 1.70. The number of fused-ring (bicyclic) bond motifs is 2. The lowest BCUT2D eigenvalue weighted by molar-refractivity contribution is -0.148. The molecule has 0 unspecified atom stereocenters. The van der Waals surface area contributed by atoms with Crippen molar-refractivity contribution in [3.63, 3.8) is 0 Å². The maximum absolute atomic E-state index is 11.4. The fourth-order valence-electron chi connectivity index (χ4n) is 1.86. The normalized spacial score (nSPS) is 35.8. The molecule has 0 saturated carbocycles. The highest BCUT2D eigenvalue weighted by molar-refractivity contribution is 9.11. The monoisotopic (exact) mass is 242 g/mol. The smallest absolute Gasteiger partial charge is 0.335 e. The second kappa shape index (κ2) is 3.66. The number of hydrogen-bond donors (Lipinski definition) is 0. The molecule has 2 rings (SSSR count). The molecule has 1 fully saturated rings. The molecule has 0 aromatic carbocycles. The lowest BCUT2D eigenvalue weighted by atomic mass is 9.92. The molecule has 0 aromatic rings. The van der Waals surface area contributed by atoms with Gasteiger partial charge in [0.15, 0.2) is 0 Å². The summed E-state index contributed by atoms with van der Waals surface area (Å²) in [6.07, 6.45) is 7.32. The topological polar surface area (TPSA) is 26.3 Å². The molecule has 1 heterocycles. The molecule has 1 aliphatic heterocycles. The van der Waals surface area contributed by atoms with Crippen molar-refractivity contribution in [1.29, 1.82) is 0 Å². The highest BCUT2D eigenvalue weighted by Gasteiger charge is 2.32. The van der Waals surface area contributed by atoms with E-state index in [0.717, 1.165) is 24.8 Å². The molecule has 0 radical (unpaired) electrons. The third-order valence-corrected chi connectivity index (χ3v) is 3.06. The second-order valence-corrected chi connectivity index (χ2v) is 3.90. The van der Waals surface area contributed by atoms with Gasteiger partial charge in [-0.05, 0) is 24.2 Å². The van der Waals surface area contributed by atoms with Crippen LogP contribution in [0.4, 0.5) is 0 Å². The zero-order chi connectivity index (χ0) is 9.26. The fraction of sp³-hybridized carbons (Fsp3) is 0.500. The minimum atomic E-state index is -0.162. The molecule has 13 heavy (non-hydrogen) atoms. The number of allylic oxidation sites excluding steroid dienone is 2. The summed E-state index contributed by atoms with van der Waals surface area (Å²) in [6, 6.07) is 0. The summed E-state index contributed by atoms with van der Waals surface area (Å²) in [5.41, 5.74) is 0.745. The van der Waals surface area contributed by atoms with Gasteiger partial charge in [0.05, 0.1) is 5.57 Å². The molecular formula is C10H11BrO2. The minimum absolute atomic E-state index is 0.128. The highest BCUT2D eigenvalue weighted by atomic mass is 79.9. The van der Waals surface area contributed by atoms with Gasteiger partial charge in [-0.25, -0.2) is 4.79 Å². The molecule has 2 nitrogen and oxygen atoms in total. The maximum atomic E-state index is 11.4. The number of hydrogen-bond acceptors (Lipinski definition) is 2. The number of rotatable bonds is 0. The van der Waals surface area contributed by atoms with Gasteiger partial charge in [-0.1, -0.05) is 28.1 Å². The van der Waals surface area contributed by atoms with E-state index in [-0.39, 0.29) is 18.0 Å². The minimum Gasteiger partial charge on any atom is -0.459 e. The molecule has 1 saturated heterocycles. The van der Waals surface area contributed by atoms with E-state index in [4.69, 9.17) is 4.74 Å². The Hall–Kier alpha value is -0.570. The first-order valence-corrected chi connectivity index (χ1v) is 5.40. The predicted molar refractivity (Wildman–Crippen MR) is 53.4 cm³/mol. The first-order valence-electron chi connectivity index (χ1n) is 4.49. The maximum Gasteiger partial charge on any atom is 0.335 e. The SMILES string of the molecule is O=C1O[C@H]2CCC=C[C@H](C2)/C1=C/Br. The van der Waals surface area contributed by atoms with Crippen LogP contribution in [-0.4, -0.2) is 12.1 Å². The largest absolute Gasteiger partial charge is 0.459 e. The zero-order valence-corrected chi connectivity index (χ0v) is 8.79. The van der Waals surface area contributed by atoms with E-state index >= 15 is 0 Å². The van der Waals surface area contributed by atoms with Crippen LogP contribution in [-0.2, 0) is 9.53 Å². The van der Waals surface area contributed by atoms with Crippen molar-refractivity contribution in [2.45, 2.75) is 25.4 Å². The van der Waals surface area contributed by atoms with Crippen LogP contribution < -0.4 is 0 Å². The molecule has 0 N–H and O–H groups in total. The van der Waals surface area contributed by atoms with Gasteiger partial charge in [-0.3, -0.25) is 0 Å². The van der Waals surface area contributed by atoms with Crippen LogP contribution in [0.3, 0.4) is 0 Å². The van der Waals surface area contributed by atoms with Crippen molar-refractivity contribution < 1.29 is 9.53 Å². The van der Waals surface area contributed by atoms with Crippen molar-refractivity contribution in [3.05, 3.63) is 22.7 Å². The van der Waals surface area contributed by atoms with Crippen molar-refractivity contribution in [2.75, 3.05) is 0 Å². The van der Waals surface area contributed by atoms with Crippen LogP contribution in [0, 0.1) is 5.92 Å². The average Bonchev–Trinajstić information content (AvgIpc) is 2.29. The van der Waals surface area contributed by atoms with E-state index < -0.39 is 0 Å². The summed E-state index contributed by atoms with van der Waals surface area (Å²) in [7, 11) is 0. The molecular weight excluding hydrogens is 232 g/mol. The third-order valence-electron chi connectivity index (χ3n) is 2.57. The van der Waals surface area contributed by atoms with Gasteiger partial charge < -0.3 is 4.74 Å². The summed E-state index contributed by atoms with van der Waals surface area (Å²) in [5, 5.41) is 0. The van der Waals surface area contributed by atoms with Crippen LogP contribution in [0.15, 0.2) is 22.7 Å². The number of halogens is 1. The lowest BCUT2D eigenvalue weighted by Crippen LogP contribution is -2.29. The summed E-state index contributed by atoms with van der Waals surface area (Å²) in [6.45, 7) is 0. The molecule has 0 amide bonds. The van der Waals surface area contributed by atoms with Crippen molar-refractivity contribution in [2.24, 2.45) is 5.92 Å². The fourth-order valence-corrected chi connectivity index (χ4v) is 2.38. The predicted octanol–water partition coefficient (Wildman–Crippen LogP) is 2.55. The van der Waals surface area contributed by atoms with Gasteiger partial charge in [0.2, 0.25) is 0 Å². The van der Waals surface area contributed by atoms with E-state index in [1.54, 1.807) is 4.99 Å². The van der Waals surface area contributed by atoms with Crippen LogP contribution >= 0.6 is 15.9 Å². The van der Waals surface area contributed by atoms with Crippen LogP contribution in [0.1, 0.15) is 19.3 Å². The summed E-state index contributed by atoms with van der Waals surface area (Å²) in [5.74, 6) is 0.0952. The molecule has 70 valence electrons. The zero-order valence-electron chi connectivity index (χ0n) is 7.20. The molecule has 0 aromatic heterocycles. The highest BCUT2D eigenvalue weighted by Crippen LogP contribution is 2.32. The summed E-state index contributed by atoms with van der Waals surface area (Å²) < 4.78 is 5.26. The van der Waals surface area contributed by atoms with Crippen LogP contribution in [0.2, 0.25) is 0 Å². The lowest BCUT2D eigenvalue weighted by Gasteiger charge is -2.27. The molecule has 2 bridgehead atoms. The standard InChI is InChI=1S/C10H11BrO2/c11-6-9-7-3-1-2-4-8(5-7)13-10(9)12/h1,3,6-8H,2,4-5H2/b9-6-/t7-,8+/m1/s1. The Bertz CT molecular complexity index is 281. The Balaban J connectivity index is 2.28. The van der Waals surface area contributed by atoms with Gasteiger partial charge in [0.1, 0.15) is 6.10 Å². The quantitative estimate of drug-likeness (QED) is 0.371. The second-order valence-electron chi connectivity index (χ2n) is 3.44. The van der Waals surface area contributed by atoms with Gasteiger partial charge in [-0.2, -0.15) is 0 Å².